The summed E-state index contributed by atoms with van der Waals surface area (Å²) in [5.41, 5.74) is 2.12. The summed E-state index contributed by atoms with van der Waals surface area (Å²) in [5.74, 6) is 0.991. The van der Waals surface area contributed by atoms with Gasteiger partial charge in [0.2, 0.25) is 5.95 Å². The molecule has 1 fully saturated rings. The van der Waals surface area contributed by atoms with Crippen molar-refractivity contribution in [3.05, 3.63) is 72.7 Å². The molecule has 1 aromatic heterocycles. The average Bonchev–Trinajstić information content (AvgIpc) is 3.24. The normalized spacial score (nSPS) is 17.8. The Morgan fingerprint density at radius 2 is 1.84 bits per heavy atom. The van der Waals surface area contributed by atoms with Crippen molar-refractivity contribution in [2.75, 3.05) is 42.1 Å². The number of benzene rings is 1. The Morgan fingerprint density at radius 1 is 1.10 bits per heavy atom. The van der Waals surface area contributed by atoms with Gasteiger partial charge in [0.05, 0.1) is 30.1 Å². The first-order valence-electron chi connectivity index (χ1n) is 10.0. The highest BCUT2D eigenvalue weighted by Gasteiger charge is 2.36. The van der Waals surface area contributed by atoms with Crippen LogP contribution in [-0.2, 0) is 11.2 Å². The fourth-order valence-corrected chi connectivity index (χ4v) is 5.27. The van der Waals surface area contributed by atoms with Gasteiger partial charge in [0.1, 0.15) is 0 Å². The molecular weight excluding hydrogens is 416 g/mol. The van der Waals surface area contributed by atoms with Gasteiger partial charge in [0.15, 0.2) is 5.82 Å². The van der Waals surface area contributed by atoms with Crippen LogP contribution in [0.2, 0.25) is 0 Å². The Hall–Kier alpha value is -2.85. The number of aromatic nitrogens is 2. The van der Waals surface area contributed by atoms with Crippen LogP contribution in [0.15, 0.2) is 66.3 Å². The van der Waals surface area contributed by atoms with E-state index in [1.165, 1.54) is 0 Å². The SMILES string of the molecule is C=C/C=C(\C=C\O)c1nc(N2CCOCC2)nc2c1CCN2S(O)(O)c1ccccc1. The van der Waals surface area contributed by atoms with Crippen molar-refractivity contribution >= 4 is 28.1 Å². The maximum Gasteiger partial charge on any atom is 0.228 e. The molecule has 0 unspecified atom stereocenters. The molecule has 0 spiro atoms. The van der Waals surface area contributed by atoms with E-state index in [2.05, 4.69) is 6.58 Å². The van der Waals surface area contributed by atoms with E-state index < -0.39 is 10.8 Å². The van der Waals surface area contributed by atoms with Crippen LogP contribution in [0.3, 0.4) is 0 Å². The second-order valence-corrected chi connectivity index (χ2v) is 9.08. The zero-order chi connectivity index (χ0) is 21.8. The molecule has 0 saturated carbocycles. The quantitative estimate of drug-likeness (QED) is 0.455. The molecule has 9 heteroatoms. The lowest BCUT2D eigenvalue weighted by Gasteiger charge is -2.41. The van der Waals surface area contributed by atoms with E-state index >= 15 is 0 Å². The number of fused-ring (bicyclic) bond motifs is 1. The smallest absolute Gasteiger partial charge is 0.228 e. The van der Waals surface area contributed by atoms with E-state index in [0.717, 1.165) is 11.8 Å². The first-order chi connectivity index (χ1) is 15.1. The van der Waals surface area contributed by atoms with Crippen LogP contribution >= 0.6 is 10.8 Å². The van der Waals surface area contributed by atoms with E-state index in [4.69, 9.17) is 14.7 Å². The van der Waals surface area contributed by atoms with Gasteiger partial charge in [0.25, 0.3) is 0 Å². The summed E-state index contributed by atoms with van der Waals surface area (Å²) in [6.45, 7) is 6.59. The van der Waals surface area contributed by atoms with Crippen molar-refractivity contribution in [3.63, 3.8) is 0 Å². The first-order valence-corrected chi connectivity index (χ1v) is 11.5. The Balaban J connectivity index is 1.85. The molecule has 0 aliphatic carbocycles. The van der Waals surface area contributed by atoms with Crippen LogP contribution in [0, 0.1) is 0 Å². The third-order valence-electron chi connectivity index (χ3n) is 5.26. The Bertz CT molecular complexity index is 1000. The number of hydrogen-bond donors (Lipinski definition) is 3. The van der Waals surface area contributed by atoms with Gasteiger partial charge in [-0.3, -0.25) is 9.11 Å². The molecule has 3 heterocycles. The molecule has 1 aromatic carbocycles. The second-order valence-electron chi connectivity index (χ2n) is 7.13. The number of rotatable bonds is 6. The minimum atomic E-state index is -3.27. The molecule has 2 aliphatic rings. The van der Waals surface area contributed by atoms with E-state index in [1.54, 1.807) is 46.8 Å². The van der Waals surface area contributed by atoms with Crippen molar-refractivity contribution in [1.82, 2.24) is 9.97 Å². The molecule has 1 saturated heterocycles. The number of anilines is 2. The summed E-state index contributed by atoms with van der Waals surface area (Å²) in [6.07, 6.45) is 6.44. The van der Waals surface area contributed by atoms with Gasteiger partial charge < -0.3 is 14.7 Å². The highest BCUT2D eigenvalue weighted by atomic mass is 32.3. The first kappa shape index (κ1) is 21.4. The van der Waals surface area contributed by atoms with Gasteiger partial charge in [-0.15, -0.1) is 0 Å². The van der Waals surface area contributed by atoms with Crippen molar-refractivity contribution in [3.8, 4) is 0 Å². The number of aliphatic hydroxyl groups is 1. The van der Waals surface area contributed by atoms with Crippen LogP contribution in [-0.4, -0.2) is 57.0 Å². The Labute approximate surface area is 183 Å². The maximum atomic E-state index is 11.2. The fourth-order valence-electron chi connectivity index (χ4n) is 3.76. The number of morpholine rings is 1. The molecule has 164 valence electrons. The van der Waals surface area contributed by atoms with Gasteiger partial charge in [-0.05, 0) is 24.6 Å². The topological polar surface area (TPSA) is 102 Å². The molecule has 3 N–H and O–H groups in total. The zero-order valence-electron chi connectivity index (χ0n) is 17.1. The van der Waals surface area contributed by atoms with Gasteiger partial charge in [-0.1, -0.05) is 47.7 Å². The highest BCUT2D eigenvalue weighted by Crippen LogP contribution is 2.56. The third-order valence-corrected chi connectivity index (χ3v) is 7.13. The lowest BCUT2D eigenvalue weighted by molar-refractivity contribution is 0.122. The van der Waals surface area contributed by atoms with Crippen molar-refractivity contribution < 1.29 is 18.9 Å². The number of nitrogens with zero attached hydrogens (tertiary/aromatic N) is 4. The molecular formula is C22H26N4O4S. The Kier molecular flexibility index (Phi) is 6.28. The molecule has 0 radical (unpaired) electrons. The average molecular weight is 443 g/mol. The molecule has 2 aromatic rings. The standard InChI is InChI=1S/C22H26N4O4S/c1-2-6-17(10-14-27)20-19-9-11-26(31(28,29)18-7-4-3-5-8-18)21(19)24-22(23-20)25-12-15-30-16-13-25/h2-8,10,14,27-29H,1,9,11-13,15-16H2/b14-10+,17-6+. The van der Waals surface area contributed by atoms with E-state index in [-0.39, 0.29) is 0 Å². The predicted octanol–water partition coefficient (Wildman–Crippen LogP) is 4.04. The summed E-state index contributed by atoms with van der Waals surface area (Å²) in [7, 11) is -3.27. The summed E-state index contributed by atoms with van der Waals surface area (Å²) in [5, 5.41) is 9.41. The van der Waals surface area contributed by atoms with Crippen molar-refractivity contribution in [2.24, 2.45) is 0 Å². The lowest BCUT2D eigenvalue weighted by atomic mass is 10.1. The molecule has 31 heavy (non-hydrogen) atoms. The number of allylic oxidation sites excluding steroid dienone is 4. The van der Waals surface area contributed by atoms with Gasteiger partial charge in [-0.2, -0.15) is 4.98 Å². The van der Waals surface area contributed by atoms with Crippen molar-refractivity contribution in [1.29, 1.82) is 0 Å². The minimum Gasteiger partial charge on any atom is -0.516 e. The summed E-state index contributed by atoms with van der Waals surface area (Å²) in [6, 6.07) is 8.80. The van der Waals surface area contributed by atoms with Crippen LogP contribution in [0.4, 0.5) is 11.8 Å². The molecule has 0 atom stereocenters. The minimum absolute atomic E-state index is 0.394. The van der Waals surface area contributed by atoms with Crippen LogP contribution in [0.5, 0.6) is 0 Å². The van der Waals surface area contributed by atoms with E-state index in [9.17, 15) is 14.2 Å². The number of hydrogen-bond acceptors (Lipinski definition) is 8. The Morgan fingerprint density at radius 3 is 2.52 bits per heavy atom. The van der Waals surface area contributed by atoms with Crippen molar-refractivity contribution in [2.45, 2.75) is 11.3 Å². The van der Waals surface area contributed by atoms with Gasteiger partial charge in [0, 0.05) is 30.8 Å². The van der Waals surface area contributed by atoms with Crippen LogP contribution in [0.1, 0.15) is 11.3 Å². The molecule has 0 amide bonds. The summed E-state index contributed by atoms with van der Waals surface area (Å²) >= 11 is 0. The van der Waals surface area contributed by atoms with Crippen LogP contribution in [0.25, 0.3) is 5.57 Å². The summed E-state index contributed by atoms with van der Waals surface area (Å²) < 4.78 is 29.3. The molecule has 2 aliphatic heterocycles. The largest absolute Gasteiger partial charge is 0.516 e. The summed E-state index contributed by atoms with van der Waals surface area (Å²) in [4.78, 5) is 12.0. The monoisotopic (exact) mass is 442 g/mol. The van der Waals surface area contributed by atoms with Gasteiger partial charge >= 0.3 is 0 Å². The molecule has 4 rings (SSSR count). The van der Waals surface area contributed by atoms with Gasteiger partial charge in [-0.25, -0.2) is 9.29 Å². The van der Waals surface area contributed by atoms with E-state index in [0.29, 0.717) is 67.2 Å². The highest BCUT2D eigenvalue weighted by molar-refractivity contribution is 8.25. The lowest BCUT2D eigenvalue weighted by Crippen LogP contribution is -2.38. The number of aliphatic hydroxyl groups excluding tert-OH is 1. The van der Waals surface area contributed by atoms with E-state index in [1.807, 2.05) is 11.0 Å². The predicted molar refractivity (Wildman–Crippen MR) is 124 cm³/mol. The second kappa shape index (κ2) is 9.11. The van der Waals surface area contributed by atoms with Crippen LogP contribution < -0.4 is 9.21 Å². The fraction of sp³-hybridized carbons (Fsp3) is 0.273. The maximum absolute atomic E-state index is 11.2. The zero-order valence-corrected chi connectivity index (χ0v) is 17.9. The molecule has 8 nitrogen and oxygen atoms in total. The number of ether oxygens (including phenoxy) is 1. The molecule has 0 bridgehead atoms. The third kappa shape index (κ3) is 4.17.